The Balaban J connectivity index is 1.38. The first kappa shape index (κ1) is 15.9. The molecule has 4 rings (SSSR count). The lowest BCUT2D eigenvalue weighted by molar-refractivity contribution is 0.170. The van der Waals surface area contributed by atoms with Crippen LogP contribution in [0.3, 0.4) is 0 Å². The van der Waals surface area contributed by atoms with Gasteiger partial charge in [-0.15, -0.1) is 5.10 Å². The minimum atomic E-state index is -0.123. The van der Waals surface area contributed by atoms with Gasteiger partial charge in [0.15, 0.2) is 0 Å². The molecule has 0 unspecified atom stereocenters. The standard InChI is InChI=1S/C19H20FN5/c20-18-6-2-1-4-16(18)13-24-10-7-17(8-11-24)25-14-19(22-23-25)15-5-3-9-21-12-15/h1-6,9,12,14,17H,7-8,10-11,13H2. The van der Waals surface area contributed by atoms with Gasteiger partial charge in [-0.05, 0) is 31.0 Å². The molecule has 0 spiro atoms. The van der Waals surface area contributed by atoms with Crippen molar-refractivity contribution in [2.75, 3.05) is 13.1 Å². The summed E-state index contributed by atoms with van der Waals surface area (Å²) in [5.74, 6) is -0.123. The Kier molecular flexibility index (Phi) is 4.52. The van der Waals surface area contributed by atoms with E-state index in [2.05, 4.69) is 20.2 Å². The van der Waals surface area contributed by atoms with Gasteiger partial charge in [-0.2, -0.15) is 0 Å². The van der Waals surface area contributed by atoms with Gasteiger partial charge in [0.1, 0.15) is 11.5 Å². The zero-order chi connectivity index (χ0) is 17.1. The maximum Gasteiger partial charge on any atom is 0.127 e. The maximum absolute atomic E-state index is 13.8. The summed E-state index contributed by atoms with van der Waals surface area (Å²) in [5.41, 5.74) is 2.59. The second-order valence-corrected chi connectivity index (χ2v) is 6.42. The second-order valence-electron chi connectivity index (χ2n) is 6.42. The molecule has 0 aliphatic carbocycles. The van der Waals surface area contributed by atoms with Crippen molar-refractivity contribution in [2.24, 2.45) is 0 Å². The quantitative estimate of drug-likeness (QED) is 0.733. The topological polar surface area (TPSA) is 46.8 Å². The molecule has 0 atom stereocenters. The van der Waals surface area contributed by atoms with E-state index < -0.39 is 0 Å². The first-order chi connectivity index (χ1) is 12.3. The Hall–Kier alpha value is -2.60. The van der Waals surface area contributed by atoms with Crippen LogP contribution < -0.4 is 0 Å². The summed E-state index contributed by atoms with van der Waals surface area (Å²) in [4.78, 5) is 6.42. The van der Waals surface area contributed by atoms with Crippen LogP contribution in [0.2, 0.25) is 0 Å². The highest BCUT2D eigenvalue weighted by Crippen LogP contribution is 2.25. The van der Waals surface area contributed by atoms with Crippen molar-refractivity contribution in [3.63, 3.8) is 0 Å². The summed E-state index contributed by atoms with van der Waals surface area (Å²) < 4.78 is 15.8. The molecule has 2 aromatic heterocycles. The fourth-order valence-corrected chi connectivity index (χ4v) is 3.31. The Labute approximate surface area is 146 Å². The van der Waals surface area contributed by atoms with Crippen LogP contribution in [-0.2, 0) is 6.54 Å². The van der Waals surface area contributed by atoms with Crippen LogP contribution >= 0.6 is 0 Å². The van der Waals surface area contributed by atoms with Gasteiger partial charge in [0.2, 0.25) is 0 Å². The SMILES string of the molecule is Fc1ccccc1CN1CCC(n2cc(-c3cccnc3)nn2)CC1. The van der Waals surface area contributed by atoms with Gasteiger partial charge in [0, 0.05) is 43.2 Å². The summed E-state index contributed by atoms with van der Waals surface area (Å²) in [7, 11) is 0. The lowest BCUT2D eigenvalue weighted by atomic mass is 10.0. The van der Waals surface area contributed by atoms with Crippen LogP contribution in [0.4, 0.5) is 4.39 Å². The Morgan fingerprint density at radius 2 is 1.92 bits per heavy atom. The summed E-state index contributed by atoms with van der Waals surface area (Å²) in [6.45, 7) is 2.53. The molecule has 1 saturated heterocycles. The van der Waals surface area contributed by atoms with E-state index in [0.29, 0.717) is 12.6 Å². The van der Waals surface area contributed by atoms with Crippen LogP contribution in [-0.4, -0.2) is 38.0 Å². The average molecular weight is 337 g/mol. The highest BCUT2D eigenvalue weighted by Gasteiger charge is 2.22. The molecule has 1 aliphatic rings. The molecule has 0 bridgehead atoms. The number of pyridine rings is 1. The van der Waals surface area contributed by atoms with Crippen LogP contribution in [0.25, 0.3) is 11.3 Å². The molecular formula is C19H20FN5. The number of hydrogen-bond donors (Lipinski definition) is 0. The fraction of sp³-hybridized carbons (Fsp3) is 0.316. The average Bonchev–Trinajstić information content (AvgIpc) is 3.15. The van der Waals surface area contributed by atoms with Crippen molar-refractivity contribution >= 4 is 0 Å². The van der Waals surface area contributed by atoms with E-state index in [9.17, 15) is 4.39 Å². The number of nitrogens with zero attached hydrogens (tertiary/aromatic N) is 5. The van der Waals surface area contributed by atoms with Gasteiger partial charge in [-0.25, -0.2) is 9.07 Å². The molecule has 25 heavy (non-hydrogen) atoms. The van der Waals surface area contributed by atoms with Gasteiger partial charge in [0.05, 0.1) is 12.2 Å². The Bertz CT molecular complexity index is 825. The molecule has 3 heterocycles. The normalized spacial score (nSPS) is 16.2. The van der Waals surface area contributed by atoms with Gasteiger partial charge < -0.3 is 0 Å². The van der Waals surface area contributed by atoms with Gasteiger partial charge >= 0.3 is 0 Å². The largest absolute Gasteiger partial charge is 0.299 e. The van der Waals surface area contributed by atoms with E-state index in [1.54, 1.807) is 18.5 Å². The number of benzene rings is 1. The van der Waals surface area contributed by atoms with E-state index in [0.717, 1.165) is 42.8 Å². The molecule has 3 aromatic rings. The second kappa shape index (κ2) is 7.11. The van der Waals surface area contributed by atoms with E-state index in [4.69, 9.17) is 0 Å². The van der Waals surface area contributed by atoms with E-state index in [1.807, 2.05) is 35.1 Å². The minimum absolute atomic E-state index is 0.123. The molecule has 0 amide bonds. The number of piperidine rings is 1. The molecule has 1 fully saturated rings. The van der Waals surface area contributed by atoms with Crippen LogP contribution in [0.1, 0.15) is 24.4 Å². The lowest BCUT2D eigenvalue weighted by Gasteiger charge is -2.31. The highest BCUT2D eigenvalue weighted by atomic mass is 19.1. The summed E-state index contributed by atoms with van der Waals surface area (Å²) in [6.07, 6.45) is 7.52. The minimum Gasteiger partial charge on any atom is -0.299 e. The number of likely N-dealkylation sites (tertiary alicyclic amines) is 1. The van der Waals surface area contributed by atoms with Crippen molar-refractivity contribution in [1.29, 1.82) is 0 Å². The number of halogens is 1. The zero-order valence-corrected chi connectivity index (χ0v) is 13.9. The zero-order valence-electron chi connectivity index (χ0n) is 13.9. The molecular weight excluding hydrogens is 317 g/mol. The van der Waals surface area contributed by atoms with Crippen molar-refractivity contribution < 1.29 is 4.39 Å². The number of hydrogen-bond acceptors (Lipinski definition) is 4. The summed E-state index contributed by atoms with van der Waals surface area (Å²) in [5, 5.41) is 8.57. The summed E-state index contributed by atoms with van der Waals surface area (Å²) in [6, 6.07) is 11.2. The molecule has 0 N–H and O–H groups in total. The predicted octanol–water partition coefficient (Wildman–Crippen LogP) is 3.32. The maximum atomic E-state index is 13.8. The van der Waals surface area contributed by atoms with Crippen molar-refractivity contribution in [2.45, 2.75) is 25.4 Å². The third kappa shape index (κ3) is 3.58. The Morgan fingerprint density at radius 3 is 2.68 bits per heavy atom. The third-order valence-corrected chi connectivity index (χ3v) is 4.75. The lowest BCUT2D eigenvalue weighted by Crippen LogP contribution is -2.34. The van der Waals surface area contributed by atoms with Gasteiger partial charge in [0.25, 0.3) is 0 Å². The molecule has 0 radical (unpaired) electrons. The fourth-order valence-electron chi connectivity index (χ4n) is 3.31. The van der Waals surface area contributed by atoms with Gasteiger partial charge in [-0.3, -0.25) is 9.88 Å². The number of rotatable bonds is 4. The van der Waals surface area contributed by atoms with Crippen LogP contribution in [0.15, 0.2) is 55.0 Å². The van der Waals surface area contributed by atoms with Crippen LogP contribution in [0.5, 0.6) is 0 Å². The number of aromatic nitrogens is 4. The summed E-state index contributed by atoms with van der Waals surface area (Å²) >= 11 is 0. The van der Waals surface area contributed by atoms with Crippen molar-refractivity contribution in [3.8, 4) is 11.3 Å². The molecule has 128 valence electrons. The smallest absolute Gasteiger partial charge is 0.127 e. The van der Waals surface area contributed by atoms with Crippen molar-refractivity contribution in [1.82, 2.24) is 24.9 Å². The van der Waals surface area contributed by atoms with Crippen LogP contribution in [0, 0.1) is 5.82 Å². The first-order valence-electron chi connectivity index (χ1n) is 8.57. The molecule has 0 saturated carbocycles. The predicted molar refractivity (Wildman–Crippen MR) is 93.2 cm³/mol. The third-order valence-electron chi connectivity index (χ3n) is 4.75. The van der Waals surface area contributed by atoms with E-state index in [1.165, 1.54) is 6.07 Å². The van der Waals surface area contributed by atoms with Gasteiger partial charge in [-0.1, -0.05) is 23.4 Å². The molecule has 1 aliphatic heterocycles. The molecule has 6 heteroatoms. The van der Waals surface area contributed by atoms with E-state index >= 15 is 0 Å². The monoisotopic (exact) mass is 337 g/mol. The Morgan fingerprint density at radius 1 is 1.08 bits per heavy atom. The first-order valence-corrected chi connectivity index (χ1v) is 8.57. The molecule has 5 nitrogen and oxygen atoms in total. The molecule has 1 aromatic carbocycles. The highest BCUT2D eigenvalue weighted by molar-refractivity contribution is 5.55. The van der Waals surface area contributed by atoms with Crippen molar-refractivity contribution in [3.05, 3.63) is 66.4 Å². The van der Waals surface area contributed by atoms with E-state index in [-0.39, 0.29) is 5.82 Å².